The summed E-state index contributed by atoms with van der Waals surface area (Å²) >= 11 is 3.51. The highest BCUT2D eigenvalue weighted by Crippen LogP contribution is 2.29. The van der Waals surface area contributed by atoms with Crippen LogP contribution in [0.15, 0.2) is 45.7 Å². The summed E-state index contributed by atoms with van der Waals surface area (Å²) in [6.45, 7) is 0. The third kappa shape index (κ3) is 2.94. The Morgan fingerprint density at radius 3 is 2.78 bits per heavy atom. The van der Waals surface area contributed by atoms with Gasteiger partial charge in [0.25, 0.3) is 0 Å². The molecular weight excluding hydrogens is 294 g/mol. The second kappa shape index (κ2) is 6.07. The molecule has 1 aromatic heterocycles. The van der Waals surface area contributed by atoms with Gasteiger partial charge in [-0.1, -0.05) is 6.07 Å². The van der Waals surface area contributed by atoms with Crippen LogP contribution in [0.3, 0.4) is 0 Å². The number of ether oxygens (including phenoxy) is 1. The van der Waals surface area contributed by atoms with Gasteiger partial charge >= 0.3 is 0 Å². The van der Waals surface area contributed by atoms with Gasteiger partial charge in [0.2, 0.25) is 0 Å². The molecule has 1 heterocycles. The van der Waals surface area contributed by atoms with E-state index < -0.39 is 0 Å². The van der Waals surface area contributed by atoms with Crippen molar-refractivity contribution in [2.75, 3.05) is 14.2 Å². The van der Waals surface area contributed by atoms with E-state index in [1.165, 1.54) is 11.1 Å². The van der Waals surface area contributed by atoms with Gasteiger partial charge in [-0.25, -0.2) is 0 Å². The van der Waals surface area contributed by atoms with Gasteiger partial charge in [0.1, 0.15) is 5.75 Å². The lowest BCUT2D eigenvalue weighted by molar-refractivity contribution is 0.411. The first-order valence-corrected chi connectivity index (χ1v) is 6.55. The Hall–Kier alpha value is -1.26. The van der Waals surface area contributed by atoms with Crippen LogP contribution in [0.2, 0.25) is 0 Å². The van der Waals surface area contributed by atoms with E-state index in [2.05, 4.69) is 33.4 Å². The molecule has 3 nitrogen and oxygen atoms in total. The van der Waals surface area contributed by atoms with Crippen molar-refractivity contribution < 1.29 is 9.15 Å². The number of halogens is 1. The van der Waals surface area contributed by atoms with Crippen LogP contribution in [0.5, 0.6) is 5.75 Å². The first-order valence-electron chi connectivity index (χ1n) is 5.76. The van der Waals surface area contributed by atoms with Gasteiger partial charge in [0.05, 0.1) is 24.1 Å². The average Bonchev–Trinajstić information content (AvgIpc) is 2.88. The van der Waals surface area contributed by atoms with E-state index in [1.54, 1.807) is 19.6 Å². The lowest BCUT2D eigenvalue weighted by atomic mass is 10.0. The largest absolute Gasteiger partial charge is 0.496 e. The fraction of sp³-hybridized carbons (Fsp3) is 0.286. The van der Waals surface area contributed by atoms with Gasteiger partial charge in [0.15, 0.2) is 0 Å². The van der Waals surface area contributed by atoms with E-state index in [4.69, 9.17) is 9.15 Å². The van der Waals surface area contributed by atoms with Gasteiger partial charge in [-0.2, -0.15) is 0 Å². The summed E-state index contributed by atoms with van der Waals surface area (Å²) in [6.07, 6.45) is 4.38. The second-order valence-electron chi connectivity index (χ2n) is 4.07. The van der Waals surface area contributed by atoms with Gasteiger partial charge in [-0.05, 0) is 58.7 Å². The molecule has 96 valence electrons. The smallest absolute Gasteiger partial charge is 0.133 e. The standard InChI is InChI=1S/C14H16BrNO2/c1-16-13(7-10-5-6-18-9-10)11-3-4-14(17-2)12(15)8-11/h3-6,8-9,13,16H,7H2,1-2H3. The number of nitrogens with one attached hydrogen (secondary N) is 1. The maximum atomic E-state index is 5.24. The first-order chi connectivity index (χ1) is 8.74. The Morgan fingerprint density at radius 1 is 1.39 bits per heavy atom. The summed E-state index contributed by atoms with van der Waals surface area (Å²) in [5, 5.41) is 3.32. The summed E-state index contributed by atoms with van der Waals surface area (Å²) in [5.41, 5.74) is 2.40. The van der Waals surface area contributed by atoms with E-state index in [0.717, 1.165) is 16.6 Å². The Labute approximate surface area is 115 Å². The Bertz CT molecular complexity index is 497. The van der Waals surface area contributed by atoms with Crippen molar-refractivity contribution in [3.8, 4) is 5.75 Å². The highest BCUT2D eigenvalue weighted by Gasteiger charge is 2.12. The first kappa shape index (κ1) is 13.2. The van der Waals surface area contributed by atoms with Gasteiger partial charge < -0.3 is 14.5 Å². The maximum Gasteiger partial charge on any atom is 0.133 e. The van der Waals surface area contributed by atoms with Gasteiger partial charge in [0, 0.05) is 6.04 Å². The molecule has 0 radical (unpaired) electrons. The average molecular weight is 310 g/mol. The van der Waals surface area contributed by atoms with Gasteiger partial charge in [-0.3, -0.25) is 0 Å². The fourth-order valence-corrected chi connectivity index (χ4v) is 2.49. The van der Waals surface area contributed by atoms with Crippen LogP contribution in [0.25, 0.3) is 0 Å². The topological polar surface area (TPSA) is 34.4 Å². The summed E-state index contributed by atoms with van der Waals surface area (Å²) < 4.78 is 11.3. The molecule has 4 heteroatoms. The van der Waals surface area contributed by atoms with Crippen LogP contribution < -0.4 is 10.1 Å². The van der Waals surface area contributed by atoms with Crippen LogP contribution in [0.4, 0.5) is 0 Å². The van der Waals surface area contributed by atoms with E-state index in [1.807, 2.05) is 19.2 Å². The third-order valence-electron chi connectivity index (χ3n) is 2.95. The minimum Gasteiger partial charge on any atom is -0.496 e. The Balaban J connectivity index is 2.19. The fourth-order valence-electron chi connectivity index (χ4n) is 1.93. The van der Waals surface area contributed by atoms with E-state index in [9.17, 15) is 0 Å². The molecule has 0 aliphatic rings. The summed E-state index contributed by atoms with van der Waals surface area (Å²) in [4.78, 5) is 0. The minimum atomic E-state index is 0.254. The monoisotopic (exact) mass is 309 g/mol. The predicted molar refractivity (Wildman–Crippen MR) is 74.9 cm³/mol. The van der Waals surface area contributed by atoms with Crippen molar-refractivity contribution in [2.24, 2.45) is 0 Å². The number of likely N-dealkylation sites (N-methyl/N-ethyl adjacent to an activating group) is 1. The van der Waals surface area contributed by atoms with Crippen LogP contribution in [-0.2, 0) is 6.42 Å². The minimum absolute atomic E-state index is 0.254. The molecule has 0 fully saturated rings. The van der Waals surface area contributed by atoms with E-state index in [-0.39, 0.29) is 6.04 Å². The molecule has 0 aliphatic heterocycles. The number of methoxy groups -OCH3 is 1. The molecule has 18 heavy (non-hydrogen) atoms. The van der Waals surface area contributed by atoms with Crippen LogP contribution in [-0.4, -0.2) is 14.2 Å². The molecule has 0 aliphatic carbocycles. The highest BCUT2D eigenvalue weighted by molar-refractivity contribution is 9.10. The number of rotatable bonds is 5. The van der Waals surface area contributed by atoms with E-state index >= 15 is 0 Å². The summed E-state index contributed by atoms with van der Waals surface area (Å²) in [6, 6.07) is 8.37. The van der Waals surface area contributed by atoms with Crippen LogP contribution in [0.1, 0.15) is 17.2 Å². The second-order valence-corrected chi connectivity index (χ2v) is 4.93. The van der Waals surface area contributed by atoms with Crippen molar-refractivity contribution in [3.63, 3.8) is 0 Å². The lowest BCUT2D eigenvalue weighted by Gasteiger charge is -2.17. The quantitative estimate of drug-likeness (QED) is 0.917. The lowest BCUT2D eigenvalue weighted by Crippen LogP contribution is -2.18. The van der Waals surface area contributed by atoms with Gasteiger partial charge in [-0.15, -0.1) is 0 Å². The summed E-state index contributed by atoms with van der Waals surface area (Å²) in [5.74, 6) is 0.844. The van der Waals surface area contributed by atoms with E-state index in [0.29, 0.717) is 0 Å². The molecule has 0 spiro atoms. The molecule has 1 atom stereocenters. The number of hydrogen-bond donors (Lipinski definition) is 1. The van der Waals surface area contributed by atoms with Crippen molar-refractivity contribution in [1.82, 2.24) is 5.32 Å². The van der Waals surface area contributed by atoms with Crippen molar-refractivity contribution in [1.29, 1.82) is 0 Å². The Morgan fingerprint density at radius 2 is 2.22 bits per heavy atom. The molecule has 2 aromatic rings. The van der Waals surface area contributed by atoms with Crippen LogP contribution in [0, 0.1) is 0 Å². The summed E-state index contributed by atoms with van der Waals surface area (Å²) in [7, 11) is 3.63. The molecule has 0 amide bonds. The van der Waals surface area contributed by atoms with Crippen molar-refractivity contribution >= 4 is 15.9 Å². The molecule has 1 unspecified atom stereocenters. The highest BCUT2D eigenvalue weighted by atomic mass is 79.9. The zero-order valence-electron chi connectivity index (χ0n) is 10.4. The Kier molecular flexibility index (Phi) is 4.44. The predicted octanol–water partition coefficient (Wildman–Crippen LogP) is 3.55. The number of hydrogen-bond acceptors (Lipinski definition) is 3. The normalized spacial score (nSPS) is 12.4. The molecule has 1 N–H and O–H groups in total. The molecule has 0 saturated carbocycles. The van der Waals surface area contributed by atoms with Crippen molar-refractivity contribution in [3.05, 3.63) is 52.4 Å². The zero-order chi connectivity index (χ0) is 13.0. The molecule has 0 saturated heterocycles. The van der Waals surface area contributed by atoms with Crippen LogP contribution >= 0.6 is 15.9 Å². The van der Waals surface area contributed by atoms with Crippen molar-refractivity contribution in [2.45, 2.75) is 12.5 Å². The maximum absolute atomic E-state index is 5.24. The number of benzene rings is 1. The molecule has 0 bridgehead atoms. The third-order valence-corrected chi connectivity index (χ3v) is 3.57. The zero-order valence-corrected chi connectivity index (χ0v) is 12.0. The molecule has 1 aromatic carbocycles. The number of furan rings is 1. The molecular formula is C14H16BrNO2. The SMILES string of the molecule is CNC(Cc1ccoc1)c1ccc(OC)c(Br)c1. The molecule has 2 rings (SSSR count).